The summed E-state index contributed by atoms with van der Waals surface area (Å²) in [6.45, 7) is 0.852. The second-order valence-corrected chi connectivity index (χ2v) is 7.52. The number of carbonyl (C=O) groups is 1. The van der Waals surface area contributed by atoms with E-state index < -0.39 is 0 Å². The van der Waals surface area contributed by atoms with Crippen LogP contribution in [0.2, 0.25) is 5.02 Å². The number of rotatable bonds is 4. The molecule has 3 N–H and O–H groups in total. The zero-order chi connectivity index (χ0) is 19.1. The van der Waals surface area contributed by atoms with E-state index >= 15 is 0 Å². The molecule has 5 rings (SSSR count). The highest BCUT2D eigenvalue weighted by Crippen LogP contribution is 2.31. The molecule has 2 aromatic heterocycles. The molecule has 1 amide bonds. The van der Waals surface area contributed by atoms with Crippen LogP contribution in [0.15, 0.2) is 53.4 Å². The van der Waals surface area contributed by atoms with Crippen molar-refractivity contribution in [1.29, 1.82) is 0 Å². The quantitative estimate of drug-likeness (QED) is 0.593. The van der Waals surface area contributed by atoms with Crippen molar-refractivity contribution in [2.24, 2.45) is 10.9 Å². The molecule has 0 radical (unpaired) electrons. The van der Waals surface area contributed by atoms with Gasteiger partial charge in [0.1, 0.15) is 11.3 Å². The van der Waals surface area contributed by atoms with Gasteiger partial charge in [0.25, 0.3) is 5.91 Å². The number of H-pyrrole nitrogens is 1. The minimum atomic E-state index is -0.206. The summed E-state index contributed by atoms with van der Waals surface area (Å²) in [4.78, 5) is 24.3. The Kier molecular flexibility index (Phi) is 4.13. The Morgan fingerprint density at radius 3 is 2.96 bits per heavy atom. The molecule has 1 fully saturated rings. The lowest BCUT2D eigenvalue weighted by atomic mass is 10.1. The number of aromatic amines is 1. The van der Waals surface area contributed by atoms with Gasteiger partial charge in [0.05, 0.1) is 0 Å². The molecule has 1 saturated carbocycles. The van der Waals surface area contributed by atoms with Crippen molar-refractivity contribution in [2.75, 3.05) is 6.54 Å². The van der Waals surface area contributed by atoms with Gasteiger partial charge in [-0.15, -0.1) is 0 Å². The highest BCUT2D eigenvalue weighted by molar-refractivity contribution is 6.33. The molecule has 0 unspecified atom stereocenters. The van der Waals surface area contributed by atoms with E-state index in [9.17, 15) is 4.79 Å². The first kappa shape index (κ1) is 17.0. The molecule has 3 aromatic rings. The summed E-state index contributed by atoms with van der Waals surface area (Å²) < 4.78 is 0. The lowest BCUT2D eigenvalue weighted by Gasteiger charge is -2.04. The molecule has 1 aromatic carbocycles. The molecule has 1 aliphatic carbocycles. The number of fused-ring (bicyclic) bond motifs is 1. The lowest BCUT2D eigenvalue weighted by molar-refractivity contribution is -0.115. The van der Waals surface area contributed by atoms with Crippen molar-refractivity contribution in [3.05, 3.63) is 59.0 Å². The van der Waals surface area contributed by atoms with Gasteiger partial charge in [-0.1, -0.05) is 29.8 Å². The number of aliphatic imine (C=N–C) groups is 1. The molecular weight excluding hydrogens is 374 g/mol. The van der Waals surface area contributed by atoms with Gasteiger partial charge in [0.2, 0.25) is 5.96 Å². The Labute approximate surface area is 166 Å². The van der Waals surface area contributed by atoms with Crippen molar-refractivity contribution in [1.82, 2.24) is 20.6 Å². The van der Waals surface area contributed by atoms with E-state index in [1.807, 2.05) is 36.5 Å². The largest absolute Gasteiger partial charge is 0.355 e. The van der Waals surface area contributed by atoms with E-state index in [0.29, 0.717) is 22.6 Å². The van der Waals surface area contributed by atoms with Crippen molar-refractivity contribution >= 4 is 40.6 Å². The number of hydrogen-bond acceptors (Lipinski definition) is 4. The SMILES string of the molecule is O=C1NC(NCC2CC2)=N/C1=C\c1c[nH]c2ncc(-c3ccccc3Cl)cc12. The summed E-state index contributed by atoms with van der Waals surface area (Å²) in [5.41, 5.74) is 3.82. The first-order valence-electron chi connectivity index (χ1n) is 9.25. The highest BCUT2D eigenvalue weighted by atomic mass is 35.5. The monoisotopic (exact) mass is 391 g/mol. The number of halogens is 1. The van der Waals surface area contributed by atoms with Crippen LogP contribution in [0.5, 0.6) is 0 Å². The molecule has 0 atom stereocenters. The standard InChI is InChI=1S/C21H18ClN5O/c22-17-4-2-1-3-15(17)13-7-16-14(11-24-19(16)23-10-13)8-18-20(28)27-21(26-18)25-9-12-5-6-12/h1-4,7-8,10-12H,5-6,9H2,(H,23,24)(H2,25,26,27,28)/b18-8-. The van der Waals surface area contributed by atoms with E-state index in [4.69, 9.17) is 11.6 Å². The predicted octanol–water partition coefficient (Wildman–Crippen LogP) is 3.71. The lowest BCUT2D eigenvalue weighted by Crippen LogP contribution is -2.37. The third-order valence-electron chi connectivity index (χ3n) is 4.99. The Hall–Kier alpha value is -3.12. The van der Waals surface area contributed by atoms with Gasteiger partial charge >= 0.3 is 0 Å². The third-order valence-corrected chi connectivity index (χ3v) is 5.32. The number of nitrogens with one attached hydrogen (secondary N) is 3. The Balaban J connectivity index is 1.49. The minimum absolute atomic E-state index is 0.206. The van der Waals surface area contributed by atoms with E-state index in [1.165, 1.54) is 12.8 Å². The second-order valence-electron chi connectivity index (χ2n) is 7.11. The number of guanidine groups is 1. The number of amides is 1. The maximum Gasteiger partial charge on any atom is 0.276 e. The van der Waals surface area contributed by atoms with Gasteiger partial charge in [-0.3, -0.25) is 10.1 Å². The number of aromatic nitrogens is 2. The van der Waals surface area contributed by atoms with Gasteiger partial charge in [-0.05, 0) is 37.0 Å². The molecule has 140 valence electrons. The van der Waals surface area contributed by atoms with E-state index in [0.717, 1.165) is 34.3 Å². The van der Waals surface area contributed by atoms with Crippen molar-refractivity contribution in [3.8, 4) is 11.1 Å². The summed E-state index contributed by atoms with van der Waals surface area (Å²) in [5.74, 6) is 1.02. The number of benzene rings is 1. The summed E-state index contributed by atoms with van der Waals surface area (Å²) in [6.07, 6.45) is 7.88. The fourth-order valence-corrected chi connectivity index (χ4v) is 3.49. The maximum absolute atomic E-state index is 12.3. The first-order valence-corrected chi connectivity index (χ1v) is 9.63. The molecule has 7 heteroatoms. The number of carbonyl (C=O) groups excluding carboxylic acids is 1. The number of nitrogens with zero attached hydrogens (tertiary/aromatic N) is 2. The zero-order valence-corrected chi connectivity index (χ0v) is 15.8. The van der Waals surface area contributed by atoms with Crippen LogP contribution in [0.1, 0.15) is 18.4 Å². The average molecular weight is 392 g/mol. The fourth-order valence-electron chi connectivity index (χ4n) is 3.25. The summed E-state index contributed by atoms with van der Waals surface area (Å²) in [6, 6.07) is 9.68. The molecule has 28 heavy (non-hydrogen) atoms. The molecule has 1 aliphatic heterocycles. The van der Waals surface area contributed by atoms with Crippen molar-refractivity contribution in [2.45, 2.75) is 12.8 Å². The molecular formula is C21H18ClN5O. The van der Waals surface area contributed by atoms with Gasteiger partial charge in [0, 0.05) is 46.0 Å². The third kappa shape index (κ3) is 3.27. The molecule has 0 bridgehead atoms. The first-order chi connectivity index (χ1) is 13.7. The summed E-state index contributed by atoms with van der Waals surface area (Å²) in [5, 5.41) is 7.56. The maximum atomic E-state index is 12.3. The van der Waals surface area contributed by atoms with Crippen molar-refractivity contribution in [3.63, 3.8) is 0 Å². The Morgan fingerprint density at radius 1 is 1.29 bits per heavy atom. The Bertz CT molecular complexity index is 1140. The molecule has 2 aliphatic rings. The van der Waals surface area contributed by atoms with Crippen LogP contribution in [-0.4, -0.2) is 28.4 Å². The molecule has 3 heterocycles. The van der Waals surface area contributed by atoms with Crippen LogP contribution < -0.4 is 10.6 Å². The van der Waals surface area contributed by atoms with E-state index in [2.05, 4.69) is 25.6 Å². The van der Waals surface area contributed by atoms with Gasteiger partial charge in [-0.25, -0.2) is 9.98 Å². The van der Waals surface area contributed by atoms with Crippen molar-refractivity contribution < 1.29 is 4.79 Å². The molecule has 6 nitrogen and oxygen atoms in total. The number of pyridine rings is 1. The van der Waals surface area contributed by atoms with Gasteiger partial charge in [0.15, 0.2) is 0 Å². The molecule has 0 spiro atoms. The number of hydrogen-bond donors (Lipinski definition) is 3. The van der Waals surface area contributed by atoms with Crippen LogP contribution in [-0.2, 0) is 4.79 Å². The van der Waals surface area contributed by atoms with Crippen LogP contribution >= 0.6 is 11.6 Å². The second kappa shape index (κ2) is 6.80. The summed E-state index contributed by atoms with van der Waals surface area (Å²) in [7, 11) is 0. The zero-order valence-electron chi connectivity index (χ0n) is 15.0. The summed E-state index contributed by atoms with van der Waals surface area (Å²) >= 11 is 6.33. The Morgan fingerprint density at radius 2 is 2.14 bits per heavy atom. The van der Waals surface area contributed by atoms with E-state index in [-0.39, 0.29) is 5.91 Å². The van der Waals surface area contributed by atoms with E-state index in [1.54, 1.807) is 12.3 Å². The van der Waals surface area contributed by atoms with Gasteiger partial charge < -0.3 is 10.3 Å². The fraction of sp³-hybridized carbons (Fsp3) is 0.190. The average Bonchev–Trinajstić information content (AvgIpc) is 3.36. The smallest absolute Gasteiger partial charge is 0.276 e. The van der Waals surface area contributed by atoms with Crippen LogP contribution in [0.25, 0.3) is 28.2 Å². The van der Waals surface area contributed by atoms with Crippen LogP contribution in [0.3, 0.4) is 0 Å². The van der Waals surface area contributed by atoms with Crippen LogP contribution in [0.4, 0.5) is 0 Å². The van der Waals surface area contributed by atoms with Crippen LogP contribution in [0, 0.1) is 5.92 Å². The van der Waals surface area contributed by atoms with Gasteiger partial charge in [-0.2, -0.15) is 0 Å². The normalized spacial score (nSPS) is 17.8. The predicted molar refractivity (Wildman–Crippen MR) is 111 cm³/mol. The highest BCUT2D eigenvalue weighted by Gasteiger charge is 2.24. The topological polar surface area (TPSA) is 82.2 Å². The minimum Gasteiger partial charge on any atom is -0.355 e. The molecule has 0 saturated heterocycles.